The SMILES string of the molecule is CC(C)[C@@H]1CC(=O)C(C)(C(C)O[Si](C)(C)C(C)(C)C)/C=C/c2ccc3ccc(nc3c2)[C@@H](C)OC(=O)[C@@H]2CCCN(N2)C(=O)[C@H](C)NC1=O. The van der Waals surface area contributed by atoms with Crippen LogP contribution in [0.5, 0.6) is 0 Å². The van der Waals surface area contributed by atoms with Crippen LogP contribution < -0.4 is 10.7 Å². The number of nitrogens with one attached hydrogen (secondary N) is 2. The van der Waals surface area contributed by atoms with Crippen molar-refractivity contribution in [1.29, 1.82) is 0 Å². The third-order valence-corrected chi connectivity index (χ3v) is 15.4. The van der Waals surface area contributed by atoms with E-state index in [1.54, 1.807) is 13.8 Å². The van der Waals surface area contributed by atoms with Gasteiger partial charge in [-0.1, -0.05) is 65.0 Å². The smallest absolute Gasteiger partial charge is 0.325 e. The summed E-state index contributed by atoms with van der Waals surface area (Å²) in [5.41, 5.74) is 4.13. The van der Waals surface area contributed by atoms with Gasteiger partial charge in [-0.05, 0) is 82.3 Å². The number of pyridine rings is 1. The van der Waals surface area contributed by atoms with Crippen LogP contribution in [-0.2, 0) is 28.3 Å². The molecular formula is C38H56N4O6Si. The number of hydrazine groups is 1. The minimum Gasteiger partial charge on any atom is -0.455 e. The number of benzene rings is 1. The zero-order chi connectivity index (χ0) is 36.5. The molecule has 1 aromatic carbocycles. The molecule has 1 aromatic heterocycles. The van der Waals surface area contributed by atoms with Gasteiger partial charge in [0.1, 0.15) is 24.0 Å². The molecule has 1 saturated heterocycles. The van der Waals surface area contributed by atoms with Gasteiger partial charge in [-0.25, -0.2) is 10.4 Å². The third-order valence-electron chi connectivity index (χ3n) is 10.8. The lowest BCUT2D eigenvalue weighted by Crippen LogP contribution is -2.60. The molecule has 268 valence electrons. The molecule has 2 unspecified atom stereocenters. The van der Waals surface area contributed by atoms with Crippen molar-refractivity contribution in [2.45, 2.75) is 124 Å². The maximum Gasteiger partial charge on any atom is 0.325 e. The number of hydrogen-bond acceptors (Lipinski definition) is 8. The highest BCUT2D eigenvalue weighted by molar-refractivity contribution is 6.74. The number of esters is 1. The molecule has 0 saturated carbocycles. The van der Waals surface area contributed by atoms with Crippen LogP contribution >= 0.6 is 0 Å². The van der Waals surface area contributed by atoms with Crippen LogP contribution in [0.1, 0.15) is 98.9 Å². The Balaban J connectivity index is 1.80. The third kappa shape index (κ3) is 8.67. The van der Waals surface area contributed by atoms with Gasteiger partial charge in [-0.15, -0.1) is 0 Å². The van der Waals surface area contributed by atoms with Crippen molar-refractivity contribution in [3.8, 4) is 0 Å². The van der Waals surface area contributed by atoms with Gasteiger partial charge in [-0.2, -0.15) is 0 Å². The zero-order valence-corrected chi connectivity index (χ0v) is 32.2. The van der Waals surface area contributed by atoms with Crippen LogP contribution in [-0.4, -0.2) is 66.6 Å². The monoisotopic (exact) mass is 692 g/mol. The summed E-state index contributed by atoms with van der Waals surface area (Å²) in [7, 11) is -2.28. The van der Waals surface area contributed by atoms with Crippen LogP contribution in [0.25, 0.3) is 17.0 Å². The van der Waals surface area contributed by atoms with E-state index in [4.69, 9.17) is 14.1 Å². The quantitative estimate of drug-likeness (QED) is 0.274. The van der Waals surface area contributed by atoms with Crippen molar-refractivity contribution >= 4 is 48.9 Å². The highest BCUT2D eigenvalue weighted by Gasteiger charge is 2.46. The number of amides is 2. The Morgan fingerprint density at radius 3 is 2.39 bits per heavy atom. The molecule has 5 bridgehead atoms. The molecule has 1 fully saturated rings. The van der Waals surface area contributed by atoms with Gasteiger partial charge in [0.15, 0.2) is 8.32 Å². The second-order valence-corrected chi connectivity index (χ2v) is 20.7. The lowest BCUT2D eigenvalue weighted by molar-refractivity contribution is -0.157. The van der Waals surface area contributed by atoms with Crippen molar-refractivity contribution in [3.05, 3.63) is 47.7 Å². The molecule has 49 heavy (non-hydrogen) atoms. The fourth-order valence-electron chi connectivity index (χ4n) is 6.04. The first-order chi connectivity index (χ1) is 22.7. The molecule has 2 aliphatic heterocycles. The molecule has 4 rings (SSSR count). The number of cyclic esters (lactones) is 1. The first kappa shape index (κ1) is 38.4. The summed E-state index contributed by atoms with van der Waals surface area (Å²) in [6.45, 7) is 22.3. The number of aromatic nitrogens is 1. The molecule has 2 amide bonds. The van der Waals surface area contributed by atoms with Crippen LogP contribution in [0.4, 0.5) is 0 Å². The number of rotatable bonds is 4. The van der Waals surface area contributed by atoms with Gasteiger partial charge in [-0.3, -0.25) is 24.2 Å². The number of ether oxygens (including phenoxy) is 1. The van der Waals surface area contributed by atoms with Crippen LogP contribution in [0.15, 0.2) is 36.4 Å². The average Bonchev–Trinajstić information content (AvgIpc) is 3.03. The molecule has 0 aliphatic carbocycles. The number of Topliss-reactive ketones (excluding diaryl/α,β-unsaturated/α-hetero) is 1. The second-order valence-electron chi connectivity index (χ2n) is 15.9. The Hall–Kier alpha value is -3.41. The largest absolute Gasteiger partial charge is 0.455 e. The van der Waals surface area contributed by atoms with E-state index in [0.717, 1.165) is 16.5 Å². The second kappa shape index (κ2) is 14.8. The highest BCUT2D eigenvalue weighted by Crippen LogP contribution is 2.41. The minimum absolute atomic E-state index is 0.0210. The summed E-state index contributed by atoms with van der Waals surface area (Å²) < 4.78 is 12.7. The number of carbonyl (C=O) groups excluding carboxylic acids is 4. The molecule has 11 heteroatoms. The number of ketones is 1. The molecular weight excluding hydrogens is 637 g/mol. The summed E-state index contributed by atoms with van der Waals surface area (Å²) in [5.74, 6) is -2.16. The molecule has 10 nitrogen and oxygen atoms in total. The van der Waals surface area contributed by atoms with E-state index in [9.17, 15) is 19.2 Å². The Morgan fingerprint density at radius 2 is 1.73 bits per heavy atom. The Morgan fingerprint density at radius 1 is 1.06 bits per heavy atom. The van der Waals surface area contributed by atoms with Crippen molar-refractivity contribution in [1.82, 2.24) is 20.7 Å². The first-order valence-corrected chi connectivity index (χ1v) is 20.5. The van der Waals surface area contributed by atoms with Crippen LogP contribution in [0, 0.1) is 17.3 Å². The predicted octanol–water partition coefficient (Wildman–Crippen LogP) is 6.51. The van der Waals surface area contributed by atoms with E-state index in [2.05, 4.69) is 44.6 Å². The van der Waals surface area contributed by atoms with Crippen molar-refractivity contribution < 1.29 is 28.3 Å². The topological polar surface area (TPSA) is 127 Å². The summed E-state index contributed by atoms with van der Waals surface area (Å²) in [6, 6.07) is 8.11. The minimum atomic E-state index is -2.28. The van der Waals surface area contributed by atoms with Crippen LogP contribution in [0.2, 0.25) is 18.1 Å². The normalized spacial score (nSPS) is 28.0. The standard InChI is InChI=1S/C38H56N4O6Si/c1-23(2)29-22-33(43)38(9,26(5)48-49(10,11)37(6,7)8)19-18-27-14-15-28-16-17-30(40-32(28)21-27)25(4)47-36(46)31-13-12-20-42(41-31)35(45)24(3)39-34(29)44/h14-19,21,23-26,29,31,41H,12-13,20,22H2,1-11H3,(H,39,44)/b19-18+/t24-,25+,26?,29-,31-,38?/m0/s1. The molecule has 2 aliphatic rings. The number of fused-ring (bicyclic) bond motifs is 4. The van der Waals surface area contributed by atoms with E-state index >= 15 is 0 Å². The average molecular weight is 693 g/mol. The summed E-state index contributed by atoms with van der Waals surface area (Å²) >= 11 is 0. The van der Waals surface area contributed by atoms with Gasteiger partial charge in [0, 0.05) is 24.3 Å². The van der Waals surface area contributed by atoms with Crippen molar-refractivity contribution in [2.75, 3.05) is 6.54 Å². The van der Waals surface area contributed by atoms with E-state index in [0.29, 0.717) is 25.1 Å². The lowest BCUT2D eigenvalue weighted by Gasteiger charge is -2.43. The zero-order valence-electron chi connectivity index (χ0n) is 31.2. The summed E-state index contributed by atoms with van der Waals surface area (Å²) in [5, 5.41) is 5.11. The van der Waals surface area contributed by atoms with Crippen LogP contribution in [0.3, 0.4) is 0 Å². The van der Waals surface area contributed by atoms with Gasteiger partial charge in [0.05, 0.1) is 22.7 Å². The maximum absolute atomic E-state index is 14.5. The first-order valence-electron chi connectivity index (χ1n) is 17.6. The van der Waals surface area contributed by atoms with Gasteiger partial charge in [0.2, 0.25) is 5.91 Å². The van der Waals surface area contributed by atoms with Crippen molar-refractivity contribution in [3.63, 3.8) is 0 Å². The molecule has 6 atom stereocenters. The van der Waals surface area contributed by atoms with E-state index < -0.39 is 49.9 Å². The lowest BCUT2D eigenvalue weighted by atomic mass is 9.75. The molecule has 2 aromatic rings. The molecule has 0 radical (unpaired) electrons. The Kier molecular flexibility index (Phi) is 11.6. The molecule has 3 heterocycles. The summed E-state index contributed by atoms with van der Waals surface area (Å²) in [6.07, 6.45) is 3.80. The summed E-state index contributed by atoms with van der Waals surface area (Å²) in [4.78, 5) is 59.9. The van der Waals surface area contributed by atoms with Gasteiger partial charge in [0.25, 0.3) is 5.91 Å². The number of hydrogen-bond donors (Lipinski definition) is 2. The van der Waals surface area contributed by atoms with Crippen molar-refractivity contribution in [2.24, 2.45) is 17.3 Å². The van der Waals surface area contributed by atoms with E-state index in [-0.39, 0.29) is 35.0 Å². The maximum atomic E-state index is 14.5. The Labute approximate surface area is 292 Å². The van der Waals surface area contributed by atoms with E-state index in [1.807, 2.05) is 70.2 Å². The predicted molar refractivity (Wildman–Crippen MR) is 195 cm³/mol. The van der Waals surface area contributed by atoms with E-state index in [1.165, 1.54) is 5.01 Å². The van der Waals surface area contributed by atoms with Gasteiger partial charge >= 0.3 is 5.97 Å². The number of carbonyl (C=O) groups is 4. The molecule has 2 N–H and O–H groups in total. The fourth-order valence-corrected chi connectivity index (χ4v) is 7.53. The van der Waals surface area contributed by atoms with Gasteiger partial charge < -0.3 is 14.5 Å². The number of nitrogens with zero attached hydrogens (tertiary/aromatic N) is 2. The molecule has 0 spiro atoms. The Bertz CT molecular complexity index is 1600. The highest BCUT2D eigenvalue weighted by atomic mass is 28.4. The fraction of sp³-hybridized carbons (Fsp3) is 0.605.